The Kier molecular flexibility index (Phi) is 3.54. The summed E-state index contributed by atoms with van der Waals surface area (Å²) >= 11 is 3.40. The van der Waals surface area contributed by atoms with Crippen LogP contribution in [0.15, 0.2) is 22.9 Å². The van der Waals surface area contributed by atoms with Crippen molar-refractivity contribution in [1.82, 2.24) is 25.3 Å². The van der Waals surface area contributed by atoms with E-state index in [-0.39, 0.29) is 6.04 Å². The number of aromatic nitrogens is 4. The quantitative estimate of drug-likeness (QED) is 0.941. The lowest BCUT2D eigenvalue weighted by atomic mass is 10.2. The summed E-state index contributed by atoms with van der Waals surface area (Å²) in [6.07, 6.45) is 3.51. The summed E-state index contributed by atoms with van der Waals surface area (Å²) in [6.45, 7) is 4.06. The lowest BCUT2D eigenvalue weighted by Crippen LogP contribution is -2.14. The van der Waals surface area contributed by atoms with Crippen LogP contribution in [0.3, 0.4) is 0 Å². The maximum absolute atomic E-state index is 4.20. The number of rotatable bonds is 3. The van der Waals surface area contributed by atoms with Crippen molar-refractivity contribution in [3.63, 3.8) is 0 Å². The molecule has 17 heavy (non-hydrogen) atoms. The molecule has 2 aromatic rings. The van der Waals surface area contributed by atoms with Crippen LogP contribution in [0.4, 0.5) is 0 Å². The Balaban J connectivity index is 2.44. The Bertz CT molecular complexity index is 522. The van der Waals surface area contributed by atoms with Gasteiger partial charge in [0.2, 0.25) is 0 Å². The zero-order chi connectivity index (χ0) is 12.4. The van der Waals surface area contributed by atoms with Crippen molar-refractivity contribution in [3.8, 4) is 5.69 Å². The van der Waals surface area contributed by atoms with Gasteiger partial charge in [-0.1, -0.05) is 5.21 Å². The molecule has 0 aliphatic carbocycles. The van der Waals surface area contributed by atoms with Crippen LogP contribution >= 0.6 is 15.9 Å². The fourth-order valence-corrected chi connectivity index (χ4v) is 1.99. The molecule has 0 spiro atoms. The van der Waals surface area contributed by atoms with E-state index >= 15 is 0 Å². The number of hydrogen-bond acceptors (Lipinski definition) is 4. The van der Waals surface area contributed by atoms with Gasteiger partial charge in [-0.25, -0.2) is 4.68 Å². The third kappa shape index (κ3) is 2.37. The normalized spacial score (nSPS) is 12.7. The molecule has 0 aliphatic rings. The Hall–Kier alpha value is -1.27. The van der Waals surface area contributed by atoms with E-state index in [1.54, 1.807) is 17.1 Å². The average molecular weight is 296 g/mol. The molecule has 0 aromatic carbocycles. The topological polar surface area (TPSA) is 55.6 Å². The minimum Gasteiger partial charge on any atom is -0.312 e. The zero-order valence-corrected chi connectivity index (χ0v) is 11.6. The maximum atomic E-state index is 4.20. The first kappa shape index (κ1) is 12.2. The highest BCUT2D eigenvalue weighted by Gasteiger charge is 2.14. The van der Waals surface area contributed by atoms with Crippen LogP contribution in [0.1, 0.15) is 24.4 Å². The molecule has 0 fully saturated rings. The first-order chi connectivity index (χ1) is 8.13. The Morgan fingerprint density at radius 2 is 2.18 bits per heavy atom. The Labute approximate surface area is 108 Å². The van der Waals surface area contributed by atoms with E-state index < -0.39 is 0 Å². The molecule has 0 amide bonds. The third-order valence-electron chi connectivity index (χ3n) is 2.71. The minimum absolute atomic E-state index is 0.184. The smallest absolute Gasteiger partial charge is 0.103 e. The third-order valence-corrected chi connectivity index (χ3v) is 3.14. The number of nitrogens with zero attached hydrogens (tertiary/aromatic N) is 4. The van der Waals surface area contributed by atoms with Gasteiger partial charge in [0.1, 0.15) is 5.69 Å². The standard InChI is InChI=1S/C11H14BrN5/c1-7(13-3)11-8(2)17(16-15-11)10-4-9(12)5-14-6-10/h4-7,13H,1-3H3. The van der Waals surface area contributed by atoms with Crippen LogP contribution in [0, 0.1) is 6.92 Å². The first-order valence-electron chi connectivity index (χ1n) is 5.34. The summed E-state index contributed by atoms with van der Waals surface area (Å²) in [5.41, 5.74) is 2.87. The van der Waals surface area contributed by atoms with Gasteiger partial charge in [-0.3, -0.25) is 4.98 Å². The number of nitrogens with one attached hydrogen (secondary N) is 1. The van der Waals surface area contributed by atoms with Gasteiger partial charge < -0.3 is 5.32 Å². The van der Waals surface area contributed by atoms with Crippen molar-refractivity contribution in [2.45, 2.75) is 19.9 Å². The van der Waals surface area contributed by atoms with E-state index in [4.69, 9.17) is 0 Å². The SMILES string of the molecule is CNC(C)c1nnn(-c2cncc(Br)c2)c1C. The Morgan fingerprint density at radius 3 is 2.82 bits per heavy atom. The lowest BCUT2D eigenvalue weighted by Gasteiger charge is -2.08. The van der Waals surface area contributed by atoms with Gasteiger partial charge in [-0.2, -0.15) is 0 Å². The van der Waals surface area contributed by atoms with Crippen molar-refractivity contribution < 1.29 is 0 Å². The number of halogens is 1. The van der Waals surface area contributed by atoms with Crippen molar-refractivity contribution in [2.24, 2.45) is 0 Å². The molecular formula is C11H14BrN5. The largest absolute Gasteiger partial charge is 0.312 e. The predicted octanol–water partition coefficient (Wildman–Crippen LogP) is 2.01. The molecule has 5 nitrogen and oxygen atoms in total. The van der Waals surface area contributed by atoms with E-state index in [1.165, 1.54) is 0 Å². The number of hydrogen-bond donors (Lipinski definition) is 1. The van der Waals surface area contributed by atoms with E-state index in [0.717, 1.165) is 21.5 Å². The van der Waals surface area contributed by atoms with Gasteiger partial charge >= 0.3 is 0 Å². The molecule has 90 valence electrons. The molecule has 1 atom stereocenters. The highest BCUT2D eigenvalue weighted by atomic mass is 79.9. The van der Waals surface area contributed by atoms with Crippen molar-refractivity contribution in [1.29, 1.82) is 0 Å². The molecule has 2 heterocycles. The number of pyridine rings is 1. The second kappa shape index (κ2) is 4.93. The molecular weight excluding hydrogens is 282 g/mol. The van der Waals surface area contributed by atoms with E-state index in [2.05, 4.69) is 43.5 Å². The second-order valence-electron chi connectivity index (χ2n) is 3.84. The Morgan fingerprint density at radius 1 is 1.41 bits per heavy atom. The molecule has 2 rings (SSSR count). The van der Waals surface area contributed by atoms with Crippen LogP contribution < -0.4 is 5.32 Å². The molecule has 0 saturated heterocycles. The van der Waals surface area contributed by atoms with E-state index in [9.17, 15) is 0 Å². The van der Waals surface area contributed by atoms with Crippen molar-refractivity contribution >= 4 is 15.9 Å². The average Bonchev–Trinajstić information content (AvgIpc) is 2.70. The molecule has 6 heteroatoms. The minimum atomic E-state index is 0.184. The summed E-state index contributed by atoms with van der Waals surface area (Å²) in [6, 6.07) is 2.14. The van der Waals surface area contributed by atoms with Crippen LogP contribution in [-0.2, 0) is 0 Å². The van der Waals surface area contributed by atoms with Gasteiger partial charge in [0, 0.05) is 10.7 Å². The molecule has 2 aromatic heterocycles. The summed E-state index contributed by atoms with van der Waals surface area (Å²) in [4.78, 5) is 4.12. The lowest BCUT2D eigenvalue weighted by molar-refractivity contribution is 0.627. The molecule has 1 unspecified atom stereocenters. The molecule has 0 bridgehead atoms. The maximum Gasteiger partial charge on any atom is 0.103 e. The van der Waals surface area contributed by atoms with E-state index in [0.29, 0.717) is 0 Å². The summed E-state index contributed by atoms with van der Waals surface area (Å²) in [7, 11) is 1.91. The van der Waals surface area contributed by atoms with Gasteiger partial charge in [0.05, 0.1) is 23.6 Å². The van der Waals surface area contributed by atoms with Crippen molar-refractivity contribution in [2.75, 3.05) is 7.05 Å². The fraction of sp³-hybridized carbons (Fsp3) is 0.364. The van der Waals surface area contributed by atoms with Crippen LogP contribution in [0.5, 0.6) is 0 Å². The van der Waals surface area contributed by atoms with E-state index in [1.807, 2.05) is 20.0 Å². The highest BCUT2D eigenvalue weighted by molar-refractivity contribution is 9.10. The van der Waals surface area contributed by atoms with Gasteiger partial charge in [0.15, 0.2) is 0 Å². The summed E-state index contributed by atoms with van der Waals surface area (Å²) < 4.78 is 2.72. The van der Waals surface area contributed by atoms with Crippen LogP contribution in [0.2, 0.25) is 0 Å². The second-order valence-corrected chi connectivity index (χ2v) is 4.76. The summed E-state index contributed by atoms with van der Waals surface area (Å²) in [5.74, 6) is 0. The van der Waals surface area contributed by atoms with Crippen molar-refractivity contribution in [3.05, 3.63) is 34.3 Å². The van der Waals surface area contributed by atoms with Crippen LogP contribution in [-0.4, -0.2) is 27.0 Å². The van der Waals surface area contributed by atoms with Gasteiger partial charge in [-0.15, -0.1) is 5.10 Å². The van der Waals surface area contributed by atoms with Gasteiger partial charge in [0.25, 0.3) is 0 Å². The first-order valence-corrected chi connectivity index (χ1v) is 6.13. The fourth-order valence-electron chi connectivity index (χ4n) is 1.64. The molecule has 0 aliphatic heterocycles. The molecule has 0 saturated carbocycles. The molecule has 1 N–H and O–H groups in total. The molecule has 0 radical (unpaired) electrons. The van der Waals surface area contributed by atoms with Gasteiger partial charge in [-0.05, 0) is 42.9 Å². The highest BCUT2D eigenvalue weighted by Crippen LogP contribution is 2.18. The monoisotopic (exact) mass is 295 g/mol. The zero-order valence-electron chi connectivity index (χ0n) is 9.98. The van der Waals surface area contributed by atoms with Crippen LogP contribution in [0.25, 0.3) is 5.69 Å². The predicted molar refractivity (Wildman–Crippen MR) is 69.1 cm³/mol. The summed E-state index contributed by atoms with van der Waals surface area (Å²) in [5, 5.41) is 11.5.